The first kappa shape index (κ1) is 12.5. The monoisotopic (exact) mass is 212 g/mol. The number of amides is 1. The number of nitrogens with one attached hydrogen (secondary N) is 1. The molecule has 0 unspecified atom stereocenters. The van der Waals surface area contributed by atoms with Gasteiger partial charge >= 0.3 is 0 Å². The van der Waals surface area contributed by atoms with Gasteiger partial charge in [0.15, 0.2) is 0 Å². The van der Waals surface area contributed by atoms with Crippen LogP contribution < -0.4 is 11.1 Å². The van der Waals surface area contributed by atoms with E-state index in [-0.39, 0.29) is 5.91 Å². The standard InChI is InChI=1S/C12H24N2O/c1-10(2)9-14-12(11(13)15)7-5-3-4-6-8-12/h10,14H,3-9H2,1-2H3,(H2,13,15). The lowest BCUT2D eigenvalue weighted by Crippen LogP contribution is -2.56. The zero-order chi connectivity index (χ0) is 11.3. The van der Waals surface area contributed by atoms with E-state index in [1.165, 1.54) is 12.8 Å². The summed E-state index contributed by atoms with van der Waals surface area (Å²) in [5, 5.41) is 3.40. The quantitative estimate of drug-likeness (QED) is 0.698. The van der Waals surface area contributed by atoms with Crippen molar-refractivity contribution in [2.45, 2.75) is 57.9 Å². The molecule has 1 amide bonds. The average molecular weight is 212 g/mol. The molecule has 1 rings (SSSR count). The van der Waals surface area contributed by atoms with Gasteiger partial charge in [-0.05, 0) is 25.3 Å². The van der Waals surface area contributed by atoms with Crippen LogP contribution in [-0.2, 0) is 4.79 Å². The van der Waals surface area contributed by atoms with E-state index in [1.54, 1.807) is 0 Å². The summed E-state index contributed by atoms with van der Waals surface area (Å²) in [4.78, 5) is 11.6. The molecule has 1 fully saturated rings. The second kappa shape index (κ2) is 5.50. The van der Waals surface area contributed by atoms with Crippen LogP contribution in [0, 0.1) is 5.92 Å². The molecule has 0 aliphatic heterocycles. The summed E-state index contributed by atoms with van der Waals surface area (Å²) < 4.78 is 0. The summed E-state index contributed by atoms with van der Waals surface area (Å²) in [6.07, 6.45) is 6.53. The molecule has 1 aliphatic rings. The predicted molar refractivity (Wildman–Crippen MR) is 62.5 cm³/mol. The number of carbonyl (C=O) groups is 1. The van der Waals surface area contributed by atoms with Gasteiger partial charge in [0.2, 0.25) is 5.91 Å². The predicted octanol–water partition coefficient (Wildman–Crippen LogP) is 1.81. The van der Waals surface area contributed by atoms with Crippen molar-refractivity contribution >= 4 is 5.91 Å². The summed E-state index contributed by atoms with van der Waals surface area (Å²) in [6.45, 7) is 5.18. The van der Waals surface area contributed by atoms with Gasteiger partial charge in [0.1, 0.15) is 0 Å². The maximum absolute atomic E-state index is 11.6. The van der Waals surface area contributed by atoms with Gasteiger partial charge < -0.3 is 11.1 Å². The largest absolute Gasteiger partial charge is 0.368 e. The first-order valence-electron chi connectivity index (χ1n) is 6.12. The van der Waals surface area contributed by atoms with Gasteiger partial charge in [-0.25, -0.2) is 0 Å². The highest BCUT2D eigenvalue weighted by molar-refractivity contribution is 5.84. The van der Waals surface area contributed by atoms with Crippen LogP contribution in [0.1, 0.15) is 52.4 Å². The maximum atomic E-state index is 11.6. The number of hydrogen-bond acceptors (Lipinski definition) is 2. The highest BCUT2D eigenvalue weighted by Gasteiger charge is 2.36. The Hall–Kier alpha value is -0.570. The second-order valence-corrected chi connectivity index (χ2v) is 5.14. The average Bonchev–Trinajstić information content (AvgIpc) is 2.40. The van der Waals surface area contributed by atoms with E-state index in [4.69, 9.17) is 5.73 Å². The van der Waals surface area contributed by atoms with Crippen LogP contribution in [0.2, 0.25) is 0 Å². The lowest BCUT2D eigenvalue weighted by Gasteiger charge is -2.31. The van der Waals surface area contributed by atoms with Crippen LogP contribution in [-0.4, -0.2) is 18.0 Å². The Morgan fingerprint density at radius 3 is 2.20 bits per heavy atom. The molecule has 1 aliphatic carbocycles. The SMILES string of the molecule is CC(C)CNC1(C(N)=O)CCCCCC1. The summed E-state index contributed by atoms with van der Waals surface area (Å²) in [7, 11) is 0. The zero-order valence-electron chi connectivity index (χ0n) is 10.0. The molecule has 0 saturated heterocycles. The third-order valence-corrected chi connectivity index (χ3v) is 3.28. The van der Waals surface area contributed by atoms with E-state index < -0.39 is 5.54 Å². The summed E-state index contributed by atoms with van der Waals surface area (Å²) in [5.41, 5.74) is 5.14. The molecule has 0 aromatic rings. The van der Waals surface area contributed by atoms with Gasteiger partial charge in [-0.1, -0.05) is 39.5 Å². The summed E-state index contributed by atoms with van der Waals surface area (Å²) in [6, 6.07) is 0. The smallest absolute Gasteiger partial charge is 0.237 e. The van der Waals surface area contributed by atoms with Crippen LogP contribution in [0.5, 0.6) is 0 Å². The Bertz CT molecular complexity index is 206. The van der Waals surface area contributed by atoms with Crippen LogP contribution in [0.3, 0.4) is 0 Å². The molecule has 1 saturated carbocycles. The molecule has 88 valence electrons. The van der Waals surface area contributed by atoms with E-state index in [2.05, 4.69) is 19.2 Å². The topological polar surface area (TPSA) is 55.1 Å². The van der Waals surface area contributed by atoms with Crippen molar-refractivity contribution in [1.82, 2.24) is 5.32 Å². The zero-order valence-corrected chi connectivity index (χ0v) is 10.0. The molecule has 0 atom stereocenters. The van der Waals surface area contributed by atoms with Gasteiger partial charge in [0, 0.05) is 0 Å². The highest BCUT2D eigenvalue weighted by Crippen LogP contribution is 2.27. The molecule has 3 heteroatoms. The molecular weight excluding hydrogens is 188 g/mol. The van der Waals surface area contributed by atoms with E-state index in [1.807, 2.05) is 0 Å². The Morgan fingerprint density at radius 1 is 1.27 bits per heavy atom. The number of primary amides is 1. The van der Waals surface area contributed by atoms with Gasteiger partial charge in [0.05, 0.1) is 5.54 Å². The van der Waals surface area contributed by atoms with Crippen LogP contribution in [0.4, 0.5) is 0 Å². The van der Waals surface area contributed by atoms with Gasteiger partial charge in [-0.2, -0.15) is 0 Å². The minimum atomic E-state index is -0.416. The van der Waals surface area contributed by atoms with Crippen molar-refractivity contribution in [1.29, 1.82) is 0 Å². The molecule has 0 bridgehead atoms. The molecular formula is C12H24N2O. The van der Waals surface area contributed by atoms with Crippen molar-refractivity contribution in [3.8, 4) is 0 Å². The van der Waals surface area contributed by atoms with Crippen molar-refractivity contribution in [3.63, 3.8) is 0 Å². The molecule has 3 nitrogen and oxygen atoms in total. The van der Waals surface area contributed by atoms with Crippen molar-refractivity contribution in [2.75, 3.05) is 6.54 Å². The molecule has 0 aromatic carbocycles. The number of rotatable bonds is 4. The third-order valence-electron chi connectivity index (χ3n) is 3.28. The highest BCUT2D eigenvalue weighted by atomic mass is 16.1. The third kappa shape index (κ3) is 3.49. The lowest BCUT2D eigenvalue weighted by molar-refractivity contribution is -0.125. The Labute approximate surface area is 92.8 Å². The van der Waals surface area contributed by atoms with Crippen molar-refractivity contribution in [2.24, 2.45) is 11.7 Å². The number of hydrogen-bond donors (Lipinski definition) is 2. The van der Waals surface area contributed by atoms with Crippen LogP contribution >= 0.6 is 0 Å². The van der Waals surface area contributed by atoms with E-state index in [9.17, 15) is 4.79 Å². The van der Waals surface area contributed by atoms with Crippen molar-refractivity contribution < 1.29 is 4.79 Å². The van der Waals surface area contributed by atoms with Crippen molar-refractivity contribution in [3.05, 3.63) is 0 Å². The van der Waals surface area contributed by atoms with E-state index >= 15 is 0 Å². The minimum absolute atomic E-state index is 0.162. The van der Waals surface area contributed by atoms with Gasteiger partial charge in [0.25, 0.3) is 0 Å². The molecule has 15 heavy (non-hydrogen) atoms. The fourth-order valence-electron chi connectivity index (χ4n) is 2.24. The molecule has 0 radical (unpaired) electrons. The molecule has 0 heterocycles. The first-order chi connectivity index (χ1) is 7.07. The first-order valence-corrected chi connectivity index (χ1v) is 6.12. The molecule has 0 spiro atoms. The van der Waals surface area contributed by atoms with E-state index in [0.717, 1.165) is 32.2 Å². The maximum Gasteiger partial charge on any atom is 0.237 e. The van der Waals surface area contributed by atoms with Crippen LogP contribution in [0.15, 0.2) is 0 Å². The Balaban J connectivity index is 2.63. The van der Waals surface area contributed by atoms with Gasteiger partial charge in [-0.3, -0.25) is 4.79 Å². The molecule has 0 aromatic heterocycles. The fraction of sp³-hybridized carbons (Fsp3) is 0.917. The number of carbonyl (C=O) groups excluding carboxylic acids is 1. The van der Waals surface area contributed by atoms with E-state index in [0.29, 0.717) is 5.92 Å². The Kier molecular flexibility index (Phi) is 4.58. The number of nitrogens with two attached hydrogens (primary N) is 1. The van der Waals surface area contributed by atoms with Gasteiger partial charge in [-0.15, -0.1) is 0 Å². The second-order valence-electron chi connectivity index (χ2n) is 5.14. The minimum Gasteiger partial charge on any atom is -0.368 e. The lowest BCUT2D eigenvalue weighted by atomic mass is 9.89. The fourth-order valence-corrected chi connectivity index (χ4v) is 2.24. The Morgan fingerprint density at radius 2 is 1.80 bits per heavy atom. The molecule has 3 N–H and O–H groups in total. The van der Waals surface area contributed by atoms with Crippen LogP contribution in [0.25, 0.3) is 0 Å². The summed E-state index contributed by atoms with van der Waals surface area (Å²) in [5.74, 6) is 0.398. The normalized spacial score (nSPS) is 21.3. The summed E-state index contributed by atoms with van der Waals surface area (Å²) >= 11 is 0.